The number of hydrogen-bond donors (Lipinski definition) is 2. The normalized spacial score (nSPS) is 12.7. The molecule has 3 aromatic carbocycles. The second-order valence-corrected chi connectivity index (χ2v) is 16.0. The van der Waals surface area contributed by atoms with Crippen LogP contribution in [0.25, 0.3) is 22.3 Å². The Kier molecular flexibility index (Phi) is 9.82. The lowest BCUT2D eigenvalue weighted by molar-refractivity contribution is 0.521. The second kappa shape index (κ2) is 12.2. The molecule has 42 heavy (non-hydrogen) atoms. The molecule has 9 nitrogen and oxygen atoms in total. The van der Waals surface area contributed by atoms with Crippen molar-refractivity contribution in [3.63, 3.8) is 0 Å². The van der Waals surface area contributed by atoms with Gasteiger partial charge in [0.15, 0.2) is 0 Å². The van der Waals surface area contributed by atoms with Crippen molar-refractivity contribution in [2.75, 3.05) is 21.1 Å². The molecule has 0 aliphatic heterocycles. The van der Waals surface area contributed by atoms with E-state index in [4.69, 9.17) is 5.14 Å². The smallest absolute Gasteiger partial charge is 0.225 e. The molecule has 0 amide bonds. The van der Waals surface area contributed by atoms with Crippen molar-refractivity contribution in [3.05, 3.63) is 63.7 Å². The van der Waals surface area contributed by atoms with Crippen molar-refractivity contribution in [2.45, 2.75) is 75.5 Å². The van der Waals surface area contributed by atoms with Crippen LogP contribution in [0.1, 0.15) is 54.2 Å². The van der Waals surface area contributed by atoms with Gasteiger partial charge in [-0.15, -0.1) is 0 Å². The van der Waals surface area contributed by atoms with E-state index in [-0.39, 0.29) is 14.7 Å². The number of aryl methyl sites for hydroxylation is 6. The molecule has 3 aromatic rings. The van der Waals surface area contributed by atoms with Crippen LogP contribution in [0, 0.1) is 26.8 Å². The molecule has 0 fully saturated rings. The maximum atomic E-state index is 14.4. The molecule has 0 spiro atoms. The van der Waals surface area contributed by atoms with E-state index < -0.39 is 30.1 Å². The molecule has 0 unspecified atom stereocenters. The highest BCUT2D eigenvalue weighted by Gasteiger charge is 2.33. The van der Waals surface area contributed by atoms with Gasteiger partial charge in [0, 0.05) is 25.2 Å². The summed E-state index contributed by atoms with van der Waals surface area (Å²) in [5.41, 5.74) is 5.88. The number of nitrogens with one attached hydrogen (secondary N) is 1. The molecule has 0 atom stereocenters. The average Bonchev–Trinajstić information content (AvgIpc) is 2.91. The fraction of sp³-hybridized carbons (Fsp3) is 0.400. The second-order valence-electron chi connectivity index (χ2n) is 10.5. The first-order valence-electron chi connectivity index (χ1n) is 13.6. The quantitative estimate of drug-likeness (QED) is 0.342. The number of hydrogen-bond acceptors (Lipinski definition) is 6. The minimum atomic E-state index is -4.11. The van der Waals surface area contributed by atoms with Crippen LogP contribution in [0.3, 0.4) is 0 Å². The van der Waals surface area contributed by atoms with E-state index in [0.29, 0.717) is 74.9 Å². The molecule has 0 aliphatic rings. The van der Waals surface area contributed by atoms with Gasteiger partial charge >= 0.3 is 0 Å². The highest BCUT2D eigenvalue weighted by atomic mass is 32.2. The Morgan fingerprint density at radius 1 is 0.738 bits per heavy atom. The van der Waals surface area contributed by atoms with Gasteiger partial charge in [-0.05, 0) is 122 Å². The van der Waals surface area contributed by atoms with Gasteiger partial charge in [-0.3, -0.25) is 0 Å². The Balaban J connectivity index is 2.71. The zero-order valence-corrected chi connectivity index (χ0v) is 28.1. The van der Waals surface area contributed by atoms with Crippen LogP contribution in [0.5, 0.6) is 0 Å². The Morgan fingerprint density at radius 3 is 1.64 bits per heavy atom. The SMILES string of the molecule is CCc1[c]c(C)c(-c2c(C)cc(S(N)(=O)=O)cc2CC)c(S(=O)(=O)N(C)C)c1-c1c(C)cc(S(=O)(=O)NC)cc1CC. The Morgan fingerprint density at radius 2 is 1.21 bits per heavy atom. The van der Waals surface area contributed by atoms with Crippen LogP contribution in [0.4, 0.5) is 0 Å². The van der Waals surface area contributed by atoms with Crippen LogP contribution in [0.15, 0.2) is 39.0 Å². The van der Waals surface area contributed by atoms with Gasteiger partial charge in [-0.1, -0.05) is 20.8 Å². The van der Waals surface area contributed by atoms with E-state index in [0.717, 1.165) is 4.31 Å². The molecular weight excluding hydrogens is 595 g/mol. The monoisotopic (exact) mass is 634 g/mol. The molecule has 229 valence electrons. The van der Waals surface area contributed by atoms with Gasteiger partial charge in [0.25, 0.3) is 0 Å². The zero-order chi connectivity index (χ0) is 31.9. The molecule has 0 saturated heterocycles. The van der Waals surface area contributed by atoms with Crippen molar-refractivity contribution < 1.29 is 25.3 Å². The molecule has 3 N–H and O–H groups in total. The first-order chi connectivity index (χ1) is 19.4. The lowest BCUT2D eigenvalue weighted by atomic mass is 9.83. The van der Waals surface area contributed by atoms with Crippen LogP contribution >= 0.6 is 0 Å². The minimum absolute atomic E-state index is 0.0462. The summed E-state index contributed by atoms with van der Waals surface area (Å²) in [6, 6.07) is 9.54. The van der Waals surface area contributed by atoms with E-state index in [1.54, 1.807) is 32.9 Å². The van der Waals surface area contributed by atoms with E-state index in [9.17, 15) is 25.3 Å². The predicted octanol–water partition coefficient (Wildman–Crippen LogP) is 4.24. The molecule has 3 rings (SSSR count). The molecule has 12 heteroatoms. The van der Waals surface area contributed by atoms with E-state index in [2.05, 4.69) is 10.8 Å². The van der Waals surface area contributed by atoms with E-state index in [1.165, 1.54) is 33.3 Å². The van der Waals surface area contributed by atoms with Gasteiger partial charge in [0.05, 0.1) is 14.7 Å². The number of sulfonamides is 3. The summed E-state index contributed by atoms with van der Waals surface area (Å²) < 4.78 is 82.2. The van der Waals surface area contributed by atoms with Crippen molar-refractivity contribution in [2.24, 2.45) is 5.14 Å². The highest BCUT2D eigenvalue weighted by Crippen LogP contribution is 2.46. The maximum Gasteiger partial charge on any atom is 0.243 e. The number of benzene rings is 3. The summed E-state index contributed by atoms with van der Waals surface area (Å²) in [6.07, 6.45) is 1.33. The summed E-state index contributed by atoms with van der Waals surface area (Å²) in [7, 11) is -7.59. The fourth-order valence-electron chi connectivity index (χ4n) is 5.41. The topological polar surface area (TPSA) is 144 Å². The van der Waals surface area contributed by atoms with Crippen LogP contribution in [-0.2, 0) is 49.3 Å². The summed E-state index contributed by atoms with van der Waals surface area (Å²) in [6.45, 7) is 11.0. The van der Waals surface area contributed by atoms with E-state index >= 15 is 0 Å². The molecule has 0 bridgehead atoms. The molecule has 0 heterocycles. The Hall–Kier alpha value is -2.61. The molecule has 0 aromatic heterocycles. The van der Waals surface area contributed by atoms with Gasteiger partial charge in [-0.25, -0.2) is 39.4 Å². The largest absolute Gasteiger partial charge is 0.243 e. The third-order valence-electron chi connectivity index (χ3n) is 7.51. The Labute approximate surface area is 251 Å². The van der Waals surface area contributed by atoms with Crippen molar-refractivity contribution in [3.8, 4) is 22.3 Å². The van der Waals surface area contributed by atoms with Gasteiger partial charge in [0.1, 0.15) is 0 Å². The fourth-order valence-corrected chi connectivity index (χ4v) is 8.29. The van der Waals surface area contributed by atoms with Crippen molar-refractivity contribution >= 4 is 30.1 Å². The van der Waals surface area contributed by atoms with Crippen LogP contribution < -0.4 is 9.86 Å². The number of primary sulfonamides is 1. The van der Waals surface area contributed by atoms with Gasteiger partial charge in [0.2, 0.25) is 30.1 Å². The molecule has 0 saturated carbocycles. The van der Waals surface area contributed by atoms with Crippen molar-refractivity contribution in [1.82, 2.24) is 9.03 Å². The van der Waals surface area contributed by atoms with Crippen LogP contribution in [-0.4, -0.2) is 50.7 Å². The summed E-state index contributed by atoms with van der Waals surface area (Å²) in [5, 5.41) is 5.46. The Bertz CT molecular complexity index is 1880. The lowest BCUT2D eigenvalue weighted by Gasteiger charge is -2.27. The lowest BCUT2D eigenvalue weighted by Crippen LogP contribution is -2.25. The van der Waals surface area contributed by atoms with Gasteiger partial charge < -0.3 is 0 Å². The van der Waals surface area contributed by atoms with Crippen molar-refractivity contribution in [1.29, 1.82) is 0 Å². The molecular formula is C30H40N3O6S3. The number of nitrogens with zero attached hydrogens (tertiary/aromatic N) is 1. The third-order valence-corrected chi connectivity index (χ3v) is 11.7. The first-order valence-corrected chi connectivity index (χ1v) is 18.1. The average molecular weight is 635 g/mol. The highest BCUT2D eigenvalue weighted by molar-refractivity contribution is 7.90. The molecule has 1 radical (unpaired) electrons. The predicted molar refractivity (Wildman–Crippen MR) is 167 cm³/mol. The maximum absolute atomic E-state index is 14.4. The number of nitrogens with two attached hydrogens (primary N) is 1. The molecule has 0 aliphatic carbocycles. The summed E-state index contributed by atoms with van der Waals surface area (Å²) >= 11 is 0. The summed E-state index contributed by atoms with van der Waals surface area (Å²) in [4.78, 5) is 0.121. The third kappa shape index (κ3) is 6.06. The number of rotatable bonds is 10. The van der Waals surface area contributed by atoms with Crippen LogP contribution in [0.2, 0.25) is 0 Å². The summed E-state index contributed by atoms with van der Waals surface area (Å²) in [5.74, 6) is 0. The van der Waals surface area contributed by atoms with Gasteiger partial charge in [-0.2, -0.15) is 0 Å². The zero-order valence-electron chi connectivity index (χ0n) is 25.6. The minimum Gasteiger partial charge on any atom is -0.225 e. The standard InChI is InChI=1S/C30H40N3O6S3/c1-10-21-13-18(4)28(26-19(5)14-24(40(31,34)35)16-22(26)11-2)30(42(38,39)33(8)9)29(21)27-20(6)15-25(17-23(27)12-3)41(36,37)32-7/h14-17,32H,10-12H2,1-9H3,(H2,31,34,35). The van der Waals surface area contributed by atoms with E-state index in [1.807, 2.05) is 20.8 Å². The first kappa shape index (κ1) is 33.9.